The van der Waals surface area contributed by atoms with Gasteiger partial charge in [0.1, 0.15) is 0 Å². The first-order valence-electron chi connectivity index (χ1n) is 11.1. The Labute approximate surface area is 188 Å². The minimum atomic E-state index is -6.21. The van der Waals surface area contributed by atoms with Crippen LogP contribution in [0.3, 0.4) is 0 Å². The molecule has 2 N–H and O–H groups in total. The van der Waals surface area contributed by atoms with E-state index in [4.69, 9.17) is 9.47 Å². The van der Waals surface area contributed by atoms with Gasteiger partial charge in [-0.25, -0.2) is 0 Å². The summed E-state index contributed by atoms with van der Waals surface area (Å²) >= 11 is 0. The summed E-state index contributed by atoms with van der Waals surface area (Å²) in [5.74, 6) is -22.6. The second-order valence-corrected chi connectivity index (χ2v) is 8.24. The van der Waals surface area contributed by atoms with Crippen molar-refractivity contribution < 1.29 is 45.4 Å². The molecular formula is C20H31F6N3O4. The van der Waals surface area contributed by atoms with E-state index in [9.17, 15) is 35.9 Å². The number of amides is 2. The summed E-state index contributed by atoms with van der Waals surface area (Å²) < 4.78 is 94.4. The quantitative estimate of drug-likeness (QED) is 0.323. The minimum Gasteiger partial charge on any atom is -0.381 e. The van der Waals surface area contributed by atoms with Gasteiger partial charge in [-0.2, -0.15) is 26.3 Å². The van der Waals surface area contributed by atoms with E-state index in [2.05, 4.69) is 0 Å². The molecule has 2 fully saturated rings. The Balaban J connectivity index is 1.80. The van der Waals surface area contributed by atoms with Gasteiger partial charge in [-0.1, -0.05) is 0 Å². The number of halogens is 6. The highest BCUT2D eigenvalue weighted by Gasteiger charge is 2.77. The topological polar surface area (TPSA) is 79.9 Å². The fraction of sp³-hybridized carbons (Fsp3) is 0.900. The third kappa shape index (κ3) is 7.19. The predicted molar refractivity (Wildman–Crippen MR) is 106 cm³/mol. The number of nitrogens with one attached hydrogen (secondary N) is 2. The molecular weight excluding hydrogens is 460 g/mol. The molecule has 0 unspecified atom stereocenters. The van der Waals surface area contributed by atoms with E-state index in [-0.39, 0.29) is 25.3 Å². The zero-order valence-corrected chi connectivity index (χ0v) is 18.3. The van der Waals surface area contributed by atoms with Crippen LogP contribution in [-0.4, -0.2) is 93.6 Å². The van der Waals surface area contributed by atoms with E-state index in [1.165, 1.54) is 0 Å². The second-order valence-electron chi connectivity index (χ2n) is 8.24. The summed E-state index contributed by atoms with van der Waals surface area (Å²) in [5.41, 5.74) is 0. The van der Waals surface area contributed by atoms with Crippen LogP contribution in [-0.2, 0) is 19.1 Å². The molecule has 2 saturated heterocycles. The molecule has 0 bridgehead atoms. The van der Waals surface area contributed by atoms with Crippen molar-refractivity contribution in [2.75, 3.05) is 59.2 Å². The van der Waals surface area contributed by atoms with Gasteiger partial charge in [-0.3, -0.25) is 14.5 Å². The van der Waals surface area contributed by atoms with E-state index in [1.807, 2.05) is 4.90 Å². The lowest BCUT2D eigenvalue weighted by Gasteiger charge is -2.31. The number of carbonyl (C=O) groups excluding carboxylic acids is 2. The molecule has 7 nitrogen and oxygen atoms in total. The largest absolute Gasteiger partial charge is 0.393 e. The van der Waals surface area contributed by atoms with Crippen LogP contribution >= 0.6 is 0 Å². The summed E-state index contributed by atoms with van der Waals surface area (Å²) in [6, 6.07) is 0. The first-order valence-corrected chi connectivity index (χ1v) is 11.1. The van der Waals surface area contributed by atoms with E-state index in [0.29, 0.717) is 52.5 Å². The first kappa shape index (κ1) is 27.6. The van der Waals surface area contributed by atoms with Crippen molar-refractivity contribution in [1.82, 2.24) is 15.5 Å². The Morgan fingerprint density at radius 1 is 0.788 bits per heavy atom. The normalized spacial score (nSPS) is 19.3. The van der Waals surface area contributed by atoms with Crippen molar-refractivity contribution >= 4 is 11.8 Å². The average molecular weight is 491 g/mol. The Hall–Kier alpha value is -1.60. The SMILES string of the molecule is O=C(NCCCC1CCOCC1)C(F)(F)C(F)(F)C(F)(F)C(=O)NCCCN1CCOCC1. The maximum Gasteiger partial charge on any atom is 0.393 e. The molecule has 2 aliphatic heterocycles. The molecule has 0 aromatic carbocycles. The molecule has 0 radical (unpaired) electrons. The number of carbonyl (C=O) groups is 2. The molecule has 0 atom stereocenters. The maximum atomic E-state index is 14.0. The van der Waals surface area contributed by atoms with Crippen molar-refractivity contribution in [3.63, 3.8) is 0 Å². The minimum absolute atomic E-state index is 0.150. The average Bonchev–Trinajstić information content (AvgIpc) is 2.80. The molecule has 0 spiro atoms. The number of alkyl halides is 6. The van der Waals surface area contributed by atoms with Gasteiger partial charge in [0, 0.05) is 39.4 Å². The van der Waals surface area contributed by atoms with Crippen LogP contribution in [0.1, 0.15) is 32.1 Å². The van der Waals surface area contributed by atoms with Crippen molar-refractivity contribution in [3.05, 3.63) is 0 Å². The van der Waals surface area contributed by atoms with Crippen LogP contribution in [0.15, 0.2) is 0 Å². The number of nitrogens with zero attached hydrogens (tertiary/aromatic N) is 1. The van der Waals surface area contributed by atoms with E-state index >= 15 is 0 Å². The fourth-order valence-corrected chi connectivity index (χ4v) is 3.66. The van der Waals surface area contributed by atoms with Crippen molar-refractivity contribution in [3.8, 4) is 0 Å². The van der Waals surface area contributed by atoms with Gasteiger partial charge >= 0.3 is 17.8 Å². The Bertz CT molecular complexity index is 589. The van der Waals surface area contributed by atoms with Crippen LogP contribution in [0.5, 0.6) is 0 Å². The van der Waals surface area contributed by atoms with Gasteiger partial charge in [0.2, 0.25) is 0 Å². The zero-order valence-electron chi connectivity index (χ0n) is 18.3. The van der Waals surface area contributed by atoms with Crippen LogP contribution in [0.4, 0.5) is 26.3 Å². The molecule has 2 aliphatic rings. The molecule has 192 valence electrons. The second kappa shape index (κ2) is 12.2. The molecule has 2 heterocycles. The lowest BCUT2D eigenvalue weighted by molar-refractivity contribution is -0.287. The van der Waals surface area contributed by atoms with Crippen LogP contribution in [0.2, 0.25) is 0 Å². The summed E-state index contributed by atoms with van der Waals surface area (Å²) in [7, 11) is 0. The van der Waals surface area contributed by atoms with Gasteiger partial charge in [-0.05, 0) is 44.6 Å². The number of ether oxygens (including phenoxy) is 2. The standard InChI is InChI=1S/C20H31F6N3O4/c21-18(22,16(30)27-6-1-3-15-4-11-32-12-5-15)20(25,26)19(23,24)17(31)28-7-2-8-29-9-13-33-14-10-29/h15H,1-14H2,(H,27,30)(H,28,31). The summed E-state index contributed by atoms with van der Waals surface area (Å²) in [6.45, 7) is 2.90. The highest BCUT2D eigenvalue weighted by atomic mass is 19.3. The van der Waals surface area contributed by atoms with Crippen LogP contribution in [0.25, 0.3) is 0 Å². The van der Waals surface area contributed by atoms with Gasteiger partial charge in [0.15, 0.2) is 0 Å². The summed E-state index contributed by atoms with van der Waals surface area (Å²) in [4.78, 5) is 25.2. The number of morpholine rings is 1. The molecule has 0 aliphatic carbocycles. The maximum absolute atomic E-state index is 14.0. The molecule has 0 aromatic heterocycles. The van der Waals surface area contributed by atoms with Crippen LogP contribution < -0.4 is 10.6 Å². The van der Waals surface area contributed by atoms with Crippen molar-refractivity contribution in [1.29, 1.82) is 0 Å². The summed E-state index contributed by atoms with van der Waals surface area (Å²) in [6.07, 6.45) is 2.44. The molecule has 13 heteroatoms. The van der Waals surface area contributed by atoms with Crippen molar-refractivity contribution in [2.24, 2.45) is 5.92 Å². The van der Waals surface area contributed by atoms with E-state index in [0.717, 1.165) is 12.8 Å². The molecule has 2 amide bonds. The molecule has 2 rings (SSSR count). The smallest absolute Gasteiger partial charge is 0.381 e. The fourth-order valence-electron chi connectivity index (χ4n) is 3.66. The van der Waals surface area contributed by atoms with Gasteiger partial charge in [-0.15, -0.1) is 0 Å². The monoisotopic (exact) mass is 491 g/mol. The molecule has 0 aromatic rings. The highest BCUT2D eigenvalue weighted by molar-refractivity contribution is 5.89. The highest BCUT2D eigenvalue weighted by Crippen LogP contribution is 2.46. The summed E-state index contributed by atoms with van der Waals surface area (Å²) in [5, 5.41) is 3.15. The lowest BCUT2D eigenvalue weighted by Crippen LogP contribution is -2.65. The Morgan fingerprint density at radius 2 is 1.27 bits per heavy atom. The van der Waals surface area contributed by atoms with E-state index in [1.54, 1.807) is 10.6 Å². The Kier molecular flexibility index (Phi) is 10.2. The van der Waals surface area contributed by atoms with Gasteiger partial charge in [0.25, 0.3) is 11.8 Å². The number of hydrogen-bond donors (Lipinski definition) is 2. The zero-order chi connectivity index (χ0) is 24.5. The molecule has 33 heavy (non-hydrogen) atoms. The first-order chi connectivity index (χ1) is 15.5. The predicted octanol–water partition coefficient (Wildman–Crippen LogP) is 2.05. The van der Waals surface area contributed by atoms with Gasteiger partial charge in [0.05, 0.1) is 13.2 Å². The number of hydrogen-bond acceptors (Lipinski definition) is 5. The molecule has 0 saturated carbocycles. The van der Waals surface area contributed by atoms with E-state index < -0.39 is 36.1 Å². The third-order valence-electron chi connectivity index (χ3n) is 5.81. The van der Waals surface area contributed by atoms with Crippen molar-refractivity contribution in [2.45, 2.75) is 49.9 Å². The van der Waals surface area contributed by atoms with Gasteiger partial charge < -0.3 is 20.1 Å². The number of rotatable bonds is 12. The lowest BCUT2D eigenvalue weighted by atomic mass is 9.95. The third-order valence-corrected chi connectivity index (χ3v) is 5.81. The van der Waals surface area contributed by atoms with Crippen LogP contribution in [0, 0.1) is 5.92 Å². The Morgan fingerprint density at radius 3 is 1.82 bits per heavy atom.